The van der Waals surface area contributed by atoms with Gasteiger partial charge in [0, 0.05) is 25.0 Å². The lowest BCUT2D eigenvalue weighted by molar-refractivity contribution is 0.332. The van der Waals surface area contributed by atoms with Crippen molar-refractivity contribution >= 4 is 11.4 Å². The van der Waals surface area contributed by atoms with Crippen LogP contribution >= 0.6 is 0 Å². The molecule has 0 aliphatic rings. The molecule has 3 aromatic carbocycles. The summed E-state index contributed by atoms with van der Waals surface area (Å²) in [5.41, 5.74) is 2.54. The van der Waals surface area contributed by atoms with Gasteiger partial charge in [-0.3, -0.25) is 0 Å². The second kappa shape index (κ2) is 10.1. The number of benzene rings is 3. The van der Waals surface area contributed by atoms with Gasteiger partial charge in [0.05, 0.1) is 0 Å². The Hall–Kier alpha value is -3.14. The summed E-state index contributed by atoms with van der Waals surface area (Å²) in [6.07, 6.45) is 2.34. The Morgan fingerprint density at radius 1 is 0.667 bits per heavy atom. The van der Waals surface area contributed by atoms with Crippen molar-refractivity contribution in [3.8, 4) is 23.0 Å². The topological polar surface area (TPSA) is 42.5 Å². The summed E-state index contributed by atoms with van der Waals surface area (Å²) in [5.74, 6) is 3.16. The van der Waals surface area contributed by atoms with Crippen LogP contribution in [-0.2, 0) is 0 Å². The van der Waals surface area contributed by atoms with Crippen LogP contribution in [0.1, 0.15) is 33.6 Å². The lowest BCUT2D eigenvalue weighted by Gasteiger charge is -2.22. The first-order valence-electron chi connectivity index (χ1n) is 10.5. The largest absolute Gasteiger partial charge is 0.457 e. The first kappa shape index (κ1) is 21.6. The Kier molecular flexibility index (Phi) is 7.23. The Bertz CT molecular complexity index is 901. The van der Waals surface area contributed by atoms with Gasteiger partial charge in [0.15, 0.2) is 0 Å². The van der Waals surface area contributed by atoms with Crippen molar-refractivity contribution in [3.63, 3.8) is 0 Å². The van der Waals surface area contributed by atoms with Crippen LogP contribution in [0.25, 0.3) is 0 Å². The van der Waals surface area contributed by atoms with E-state index in [4.69, 9.17) is 9.47 Å². The van der Waals surface area contributed by atoms with E-state index in [-0.39, 0.29) is 0 Å². The van der Waals surface area contributed by atoms with Crippen LogP contribution in [-0.4, -0.2) is 13.6 Å². The minimum atomic E-state index is 0.377. The molecule has 0 heterocycles. The maximum Gasteiger partial charge on any atom is 0.127 e. The maximum atomic E-state index is 5.95. The summed E-state index contributed by atoms with van der Waals surface area (Å²) in [7, 11) is 1.90. The molecule has 0 radical (unpaired) electrons. The average molecular weight is 405 g/mol. The summed E-state index contributed by atoms with van der Waals surface area (Å²) in [6.45, 7) is 7.83. The molecule has 30 heavy (non-hydrogen) atoms. The molecule has 3 aromatic rings. The summed E-state index contributed by atoms with van der Waals surface area (Å²) >= 11 is 0. The molecule has 0 atom stereocenters. The molecule has 4 heteroatoms. The quantitative estimate of drug-likeness (QED) is 0.366. The van der Waals surface area contributed by atoms with E-state index in [9.17, 15) is 0 Å². The van der Waals surface area contributed by atoms with E-state index in [2.05, 4.69) is 43.5 Å². The zero-order valence-electron chi connectivity index (χ0n) is 18.4. The lowest BCUT2D eigenvalue weighted by Crippen LogP contribution is -2.15. The van der Waals surface area contributed by atoms with E-state index in [0.29, 0.717) is 5.41 Å². The number of anilines is 2. The van der Waals surface area contributed by atoms with Gasteiger partial charge >= 0.3 is 0 Å². The van der Waals surface area contributed by atoms with Crippen molar-refractivity contribution < 1.29 is 9.47 Å². The fourth-order valence-corrected chi connectivity index (χ4v) is 2.90. The van der Waals surface area contributed by atoms with Crippen LogP contribution < -0.4 is 20.1 Å². The maximum absolute atomic E-state index is 5.95. The first-order valence-corrected chi connectivity index (χ1v) is 10.5. The molecule has 0 unspecified atom stereocenters. The molecule has 0 aliphatic heterocycles. The van der Waals surface area contributed by atoms with Crippen LogP contribution in [0.3, 0.4) is 0 Å². The number of nitrogens with one attached hydrogen (secondary N) is 2. The summed E-state index contributed by atoms with van der Waals surface area (Å²) in [6, 6.07) is 23.6. The van der Waals surface area contributed by atoms with Crippen molar-refractivity contribution in [3.05, 3.63) is 72.8 Å². The fraction of sp³-hybridized carbons (Fsp3) is 0.308. The van der Waals surface area contributed by atoms with Gasteiger partial charge in [0.25, 0.3) is 0 Å². The van der Waals surface area contributed by atoms with Gasteiger partial charge in [-0.2, -0.15) is 0 Å². The molecule has 0 fully saturated rings. The molecule has 4 nitrogen and oxygen atoms in total. The summed E-state index contributed by atoms with van der Waals surface area (Å²) < 4.78 is 11.8. The molecule has 0 aromatic heterocycles. The SMILES string of the molecule is CCC(C)(C)CCNc1ccc(Oc2ccc(Oc3ccc(NC)cc3)cc2)cc1. The smallest absolute Gasteiger partial charge is 0.127 e. The highest BCUT2D eigenvalue weighted by Crippen LogP contribution is 2.28. The van der Waals surface area contributed by atoms with Crippen LogP contribution in [0, 0.1) is 5.41 Å². The van der Waals surface area contributed by atoms with Crippen molar-refractivity contribution in [1.82, 2.24) is 0 Å². The van der Waals surface area contributed by atoms with Gasteiger partial charge in [-0.25, -0.2) is 0 Å². The summed E-state index contributed by atoms with van der Waals surface area (Å²) in [4.78, 5) is 0. The fourth-order valence-electron chi connectivity index (χ4n) is 2.90. The van der Waals surface area contributed by atoms with E-state index in [1.165, 1.54) is 6.42 Å². The highest BCUT2D eigenvalue weighted by atomic mass is 16.5. The van der Waals surface area contributed by atoms with Gasteiger partial charge in [-0.15, -0.1) is 0 Å². The van der Waals surface area contributed by atoms with E-state index in [1.54, 1.807) is 0 Å². The molecule has 3 rings (SSSR count). The van der Waals surface area contributed by atoms with E-state index < -0.39 is 0 Å². The third kappa shape index (κ3) is 6.45. The standard InChI is InChI=1S/C26H32N2O2/c1-5-26(2,3)18-19-28-21-8-12-23(13-9-21)30-25-16-14-24(15-17-25)29-22-10-6-20(27-4)7-11-22/h6-17,27-28H,5,18-19H2,1-4H3. The third-order valence-corrected chi connectivity index (χ3v) is 5.38. The van der Waals surface area contributed by atoms with E-state index >= 15 is 0 Å². The predicted molar refractivity (Wildman–Crippen MR) is 126 cm³/mol. The molecule has 0 saturated carbocycles. The van der Waals surface area contributed by atoms with Crippen molar-refractivity contribution in [2.24, 2.45) is 5.41 Å². The summed E-state index contributed by atoms with van der Waals surface area (Å²) in [5, 5.41) is 6.58. The zero-order valence-corrected chi connectivity index (χ0v) is 18.4. The lowest BCUT2D eigenvalue weighted by atomic mass is 9.86. The van der Waals surface area contributed by atoms with Gasteiger partial charge in [0.1, 0.15) is 23.0 Å². The Morgan fingerprint density at radius 2 is 1.07 bits per heavy atom. The Balaban J connectivity index is 1.51. The minimum Gasteiger partial charge on any atom is -0.457 e. The van der Waals surface area contributed by atoms with Crippen LogP contribution in [0.15, 0.2) is 72.8 Å². The molecular formula is C26H32N2O2. The number of rotatable bonds is 10. The molecule has 0 saturated heterocycles. The molecule has 0 bridgehead atoms. The van der Waals surface area contributed by atoms with E-state index in [1.807, 2.05) is 67.7 Å². The monoisotopic (exact) mass is 404 g/mol. The minimum absolute atomic E-state index is 0.377. The Labute approximate surface area is 180 Å². The van der Waals surface area contributed by atoms with Crippen LogP contribution in [0.2, 0.25) is 0 Å². The van der Waals surface area contributed by atoms with Gasteiger partial charge in [-0.1, -0.05) is 27.2 Å². The molecular weight excluding hydrogens is 372 g/mol. The highest BCUT2D eigenvalue weighted by Gasteiger charge is 2.13. The molecule has 0 spiro atoms. The Morgan fingerprint density at radius 3 is 1.47 bits per heavy atom. The van der Waals surface area contributed by atoms with Gasteiger partial charge in [0.2, 0.25) is 0 Å². The molecule has 0 amide bonds. The highest BCUT2D eigenvalue weighted by molar-refractivity contribution is 5.48. The van der Waals surface area contributed by atoms with Crippen molar-refractivity contribution in [2.45, 2.75) is 33.6 Å². The van der Waals surface area contributed by atoms with Crippen LogP contribution in [0.4, 0.5) is 11.4 Å². The second-order valence-electron chi connectivity index (χ2n) is 8.17. The third-order valence-electron chi connectivity index (χ3n) is 5.38. The van der Waals surface area contributed by atoms with Crippen molar-refractivity contribution in [2.75, 3.05) is 24.2 Å². The normalized spacial score (nSPS) is 11.1. The number of hydrogen-bond donors (Lipinski definition) is 2. The van der Waals surface area contributed by atoms with Gasteiger partial charge in [-0.05, 0) is 84.6 Å². The van der Waals surface area contributed by atoms with Crippen molar-refractivity contribution in [1.29, 1.82) is 0 Å². The number of hydrogen-bond acceptors (Lipinski definition) is 4. The molecule has 158 valence electrons. The predicted octanol–water partition coefficient (Wildman–Crippen LogP) is 7.55. The zero-order chi connectivity index (χ0) is 21.4. The van der Waals surface area contributed by atoms with Crippen LogP contribution in [0.5, 0.6) is 23.0 Å². The van der Waals surface area contributed by atoms with E-state index in [0.717, 1.165) is 47.3 Å². The average Bonchev–Trinajstić information content (AvgIpc) is 2.77. The second-order valence-corrected chi connectivity index (χ2v) is 8.17. The number of ether oxygens (including phenoxy) is 2. The molecule has 2 N–H and O–H groups in total. The first-order chi connectivity index (χ1) is 14.5. The van der Waals surface area contributed by atoms with Gasteiger partial charge < -0.3 is 20.1 Å². The molecule has 0 aliphatic carbocycles.